The van der Waals surface area contributed by atoms with Gasteiger partial charge < -0.3 is 16.2 Å². The SMILES string of the molecule is Nc1ccc2c(n1)C=CC(N)(CCCN1CCOCC1)C2. The Hall–Kier alpha value is -1.43. The van der Waals surface area contributed by atoms with Gasteiger partial charge in [-0.1, -0.05) is 12.1 Å². The van der Waals surface area contributed by atoms with E-state index in [9.17, 15) is 0 Å². The molecule has 0 aromatic carbocycles. The van der Waals surface area contributed by atoms with Gasteiger partial charge in [0.25, 0.3) is 0 Å². The Morgan fingerprint density at radius 3 is 2.90 bits per heavy atom. The van der Waals surface area contributed by atoms with Crippen LogP contribution < -0.4 is 11.5 Å². The summed E-state index contributed by atoms with van der Waals surface area (Å²) in [6.07, 6.45) is 7.06. The Labute approximate surface area is 126 Å². The van der Waals surface area contributed by atoms with Crippen LogP contribution in [0.25, 0.3) is 6.08 Å². The fraction of sp³-hybridized carbons (Fsp3) is 0.562. The average Bonchev–Trinajstić information content (AvgIpc) is 2.49. The molecule has 1 fully saturated rings. The first-order chi connectivity index (χ1) is 10.1. The van der Waals surface area contributed by atoms with Gasteiger partial charge in [0.2, 0.25) is 0 Å². The zero-order valence-corrected chi connectivity index (χ0v) is 12.4. The molecule has 0 spiro atoms. The number of anilines is 1. The van der Waals surface area contributed by atoms with Crippen LogP contribution in [-0.4, -0.2) is 48.3 Å². The molecule has 0 radical (unpaired) electrons. The number of morpholine rings is 1. The molecule has 0 bridgehead atoms. The minimum atomic E-state index is -0.253. The fourth-order valence-electron chi connectivity index (χ4n) is 3.10. The molecule has 21 heavy (non-hydrogen) atoms. The summed E-state index contributed by atoms with van der Waals surface area (Å²) < 4.78 is 5.37. The molecule has 1 unspecified atom stereocenters. The topological polar surface area (TPSA) is 77.4 Å². The van der Waals surface area contributed by atoms with E-state index in [4.69, 9.17) is 16.2 Å². The lowest BCUT2D eigenvalue weighted by Gasteiger charge is -2.32. The number of nitrogens with two attached hydrogens (primary N) is 2. The second-order valence-electron chi connectivity index (χ2n) is 6.08. The van der Waals surface area contributed by atoms with Gasteiger partial charge in [-0.05, 0) is 43.5 Å². The zero-order valence-electron chi connectivity index (χ0n) is 12.4. The minimum Gasteiger partial charge on any atom is -0.384 e. The minimum absolute atomic E-state index is 0.253. The summed E-state index contributed by atoms with van der Waals surface area (Å²) in [5.74, 6) is 0.565. The van der Waals surface area contributed by atoms with Gasteiger partial charge >= 0.3 is 0 Å². The van der Waals surface area contributed by atoms with Gasteiger partial charge in [-0.15, -0.1) is 0 Å². The van der Waals surface area contributed by atoms with Crippen LogP contribution in [0.5, 0.6) is 0 Å². The lowest BCUT2D eigenvalue weighted by Crippen LogP contribution is -2.43. The van der Waals surface area contributed by atoms with Gasteiger partial charge in [-0.2, -0.15) is 0 Å². The number of nitrogens with zero attached hydrogens (tertiary/aromatic N) is 2. The number of nitrogen functional groups attached to an aromatic ring is 1. The van der Waals surface area contributed by atoms with E-state index in [1.165, 1.54) is 5.56 Å². The van der Waals surface area contributed by atoms with Crippen molar-refractivity contribution in [2.45, 2.75) is 24.8 Å². The Kier molecular flexibility index (Phi) is 4.24. The van der Waals surface area contributed by atoms with E-state index in [2.05, 4.69) is 16.0 Å². The van der Waals surface area contributed by atoms with E-state index < -0.39 is 0 Å². The monoisotopic (exact) mass is 288 g/mol. The summed E-state index contributed by atoms with van der Waals surface area (Å²) in [7, 11) is 0. The highest BCUT2D eigenvalue weighted by molar-refractivity contribution is 5.57. The second-order valence-corrected chi connectivity index (χ2v) is 6.08. The van der Waals surface area contributed by atoms with Crippen LogP contribution in [0.1, 0.15) is 24.1 Å². The Bertz CT molecular complexity index is 525. The molecule has 4 N–H and O–H groups in total. The largest absolute Gasteiger partial charge is 0.384 e. The normalized spacial score (nSPS) is 25.8. The standard InChI is InChI=1S/C16H24N4O/c17-15-3-2-13-12-16(18,6-4-14(13)19-15)5-1-7-20-8-10-21-11-9-20/h2-4,6H,1,5,7-12,18H2,(H2,17,19). The molecule has 1 aliphatic carbocycles. The first-order valence-electron chi connectivity index (χ1n) is 7.68. The number of rotatable bonds is 4. The van der Waals surface area contributed by atoms with Crippen molar-refractivity contribution in [3.63, 3.8) is 0 Å². The maximum atomic E-state index is 6.54. The van der Waals surface area contributed by atoms with Crippen molar-refractivity contribution in [1.82, 2.24) is 9.88 Å². The second kappa shape index (κ2) is 6.13. The summed E-state index contributed by atoms with van der Waals surface area (Å²) >= 11 is 0. The molecule has 2 aliphatic rings. The molecule has 5 nitrogen and oxygen atoms in total. The molecular weight excluding hydrogens is 264 g/mol. The molecular formula is C16H24N4O. The van der Waals surface area contributed by atoms with Gasteiger partial charge in [0, 0.05) is 18.6 Å². The van der Waals surface area contributed by atoms with Crippen LogP contribution in [-0.2, 0) is 11.2 Å². The third-order valence-corrected chi connectivity index (χ3v) is 4.35. The maximum Gasteiger partial charge on any atom is 0.124 e. The molecule has 2 heterocycles. The molecule has 1 saturated heterocycles. The number of pyridine rings is 1. The van der Waals surface area contributed by atoms with Crippen molar-refractivity contribution >= 4 is 11.9 Å². The summed E-state index contributed by atoms with van der Waals surface area (Å²) in [5, 5.41) is 0. The highest BCUT2D eigenvalue weighted by atomic mass is 16.5. The van der Waals surface area contributed by atoms with Gasteiger partial charge in [0.15, 0.2) is 0 Å². The van der Waals surface area contributed by atoms with E-state index in [0.717, 1.165) is 57.8 Å². The molecule has 1 atom stereocenters. The average molecular weight is 288 g/mol. The quantitative estimate of drug-likeness (QED) is 0.865. The maximum absolute atomic E-state index is 6.54. The highest BCUT2D eigenvalue weighted by Gasteiger charge is 2.27. The van der Waals surface area contributed by atoms with Crippen LogP contribution in [0.15, 0.2) is 18.2 Å². The fourth-order valence-corrected chi connectivity index (χ4v) is 3.10. The third kappa shape index (κ3) is 3.61. The third-order valence-electron chi connectivity index (χ3n) is 4.35. The number of fused-ring (bicyclic) bond motifs is 1. The molecule has 3 rings (SSSR count). The lowest BCUT2D eigenvalue weighted by atomic mass is 9.82. The number of hydrogen-bond donors (Lipinski definition) is 2. The molecule has 0 amide bonds. The summed E-state index contributed by atoms with van der Waals surface area (Å²) in [5.41, 5.74) is 14.2. The van der Waals surface area contributed by atoms with Gasteiger partial charge in [-0.25, -0.2) is 4.98 Å². The van der Waals surface area contributed by atoms with Crippen LogP contribution >= 0.6 is 0 Å². The molecule has 114 valence electrons. The van der Waals surface area contributed by atoms with Crippen molar-refractivity contribution in [2.75, 3.05) is 38.6 Å². The van der Waals surface area contributed by atoms with Crippen LogP contribution in [0, 0.1) is 0 Å². The molecule has 1 aromatic heterocycles. The molecule has 1 aliphatic heterocycles. The number of aromatic nitrogens is 1. The first-order valence-corrected chi connectivity index (χ1v) is 7.68. The van der Waals surface area contributed by atoms with Crippen LogP contribution in [0.3, 0.4) is 0 Å². The van der Waals surface area contributed by atoms with E-state index in [1.807, 2.05) is 18.2 Å². The lowest BCUT2D eigenvalue weighted by molar-refractivity contribution is 0.0367. The summed E-state index contributed by atoms with van der Waals surface area (Å²) in [6.45, 7) is 4.89. The number of ether oxygens (including phenoxy) is 1. The van der Waals surface area contributed by atoms with E-state index in [1.54, 1.807) is 0 Å². The van der Waals surface area contributed by atoms with Crippen molar-refractivity contribution < 1.29 is 4.74 Å². The predicted molar refractivity (Wildman–Crippen MR) is 84.8 cm³/mol. The van der Waals surface area contributed by atoms with E-state index >= 15 is 0 Å². The molecule has 5 heteroatoms. The van der Waals surface area contributed by atoms with Gasteiger partial charge in [-0.3, -0.25) is 4.90 Å². The first kappa shape index (κ1) is 14.5. The summed E-state index contributed by atoms with van der Waals surface area (Å²) in [4.78, 5) is 6.80. The Morgan fingerprint density at radius 2 is 2.10 bits per heavy atom. The summed E-state index contributed by atoms with van der Waals surface area (Å²) in [6, 6.07) is 3.90. The van der Waals surface area contributed by atoms with Gasteiger partial charge in [0.05, 0.1) is 18.9 Å². The van der Waals surface area contributed by atoms with Crippen molar-refractivity contribution in [1.29, 1.82) is 0 Å². The predicted octanol–water partition coefficient (Wildman–Crippen LogP) is 1.04. The van der Waals surface area contributed by atoms with Crippen molar-refractivity contribution in [3.05, 3.63) is 29.5 Å². The smallest absolute Gasteiger partial charge is 0.124 e. The van der Waals surface area contributed by atoms with Crippen molar-refractivity contribution in [2.24, 2.45) is 5.73 Å². The van der Waals surface area contributed by atoms with Crippen LogP contribution in [0.4, 0.5) is 5.82 Å². The zero-order chi connectivity index (χ0) is 14.7. The van der Waals surface area contributed by atoms with E-state index in [0.29, 0.717) is 5.82 Å². The van der Waals surface area contributed by atoms with Crippen LogP contribution in [0.2, 0.25) is 0 Å². The Morgan fingerprint density at radius 1 is 1.29 bits per heavy atom. The number of hydrogen-bond acceptors (Lipinski definition) is 5. The molecule has 1 aromatic rings. The highest BCUT2D eigenvalue weighted by Crippen LogP contribution is 2.27. The van der Waals surface area contributed by atoms with Crippen molar-refractivity contribution in [3.8, 4) is 0 Å². The Balaban J connectivity index is 1.55. The molecule has 0 saturated carbocycles. The van der Waals surface area contributed by atoms with E-state index in [-0.39, 0.29) is 5.54 Å². The van der Waals surface area contributed by atoms with Gasteiger partial charge in [0.1, 0.15) is 5.82 Å².